The molecule has 80 valence electrons. The fourth-order valence-electron chi connectivity index (χ4n) is 1.47. The minimum Gasteiger partial charge on any atom is -0.296 e. The molecule has 2 rings (SSSR count). The third kappa shape index (κ3) is 1.91. The van der Waals surface area contributed by atoms with Gasteiger partial charge in [-0.05, 0) is 18.6 Å². The average Bonchev–Trinajstić information content (AvgIpc) is 2.79. The highest BCUT2D eigenvalue weighted by Gasteiger charge is 2.04. The summed E-state index contributed by atoms with van der Waals surface area (Å²) in [6.07, 6.45) is 6.23. The third-order valence-corrected chi connectivity index (χ3v) is 2.16. The van der Waals surface area contributed by atoms with Gasteiger partial charge >= 0.3 is 0 Å². The van der Waals surface area contributed by atoms with Crippen LogP contribution < -0.4 is 0 Å². The molecule has 4 nitrogen and oxygen atoms in total. The molecule has 0 saturated heterocycles. The molecule has 0 spiro atoms. The van der Waals surface area contributed by atoms with Crippen LogP contribution in [0.1, 0.15) is 23.0 Å². The maximum absolute atomic E-state index is 10.5. The Morgan fingerprint density at radius 3 is 2.81 bits per heavy atom. The molecular formula is C12H11N3O. The van der Waals surface area contributed by atoms with Crippen LogP contribution in [-0.4, -0.2) is 21.3 Å². The molecule has 0 unspecified atom stereocenters. The highest BCUT2D eigenvalue weighted by Crippen LogP contribution is 2.14. The molecule has 0 aliphatic heterocycles. The Hall–Kier alpha value is -2.23. The lowest BCUT2D eigenvalue weighted by Gasteiger charge is -2.03. The lowest BCUT2D eigenvalue weighted by Crippen LogP contribution is -1.97. The van der Waals surface area contributed by atoms with E-state index in [-0.39, 0.29) is 0 Å². The van der Waals surface area contributed by atoms with Crippen LogP contribution in [0.4, 0.5) is 0 Å². The van der Waals surface area contributed by atoms with Crippen molar-refractivity contribution in [3.05, 3.63) is 47.8 Å². The largest absolute Gasteiger partial charge is 0.296 e. The van der Waals surface area contributed by atoms with Crippen LogP contribution in [-0.2, 0) is 0 Å². The Bertz CT molecular complexity index is 529. The van der Waals surface area contributed by atoms with Crippen molar-refractivity contribution in [3.63, 3.8) is 0 Å². The molecule has 0 saturated carbocycles. The van der Waals surface area contributed by atoms with Crippen molar-refractivity contribution < 1.29 is 4.79 Å². The lowest BCUT2D eigenvalue weighted by atomic mass is 10.1. The van der Waals surface area contributed by atoms with E-state index >= 15 is 0 Å². The van der Waals surface area contributed by atoms with Crippen molar-refractivity contribution in [2.24, 2.45) is 0 Å². The second-order valence-electron chi connectivity index (χ2n) is 3.26. The van der Waals surface area contributed by atoms with Gasteiger partial charge in [-0.1, -0.05) is 35.6 Å². The fraction of sp³-hybridized carbons (Fsp3) is 0.0833. The van der Waals surface area contributed by atoms with Crippen LogP contribution in [0.2, 0.25) is 0 Å². The molecule has 1 aromatic heterocycles. The lowest BCUT2D eigenvalue weighted by molar-refractivity contribution is 0.111. The molecule has 4 heteroatoms. The van der Waals surface area contributed by atoms with Gasteiger partial charge in [-0.2, -0.15) is 0 Å². The molecule has 2 aromatic rings. The molecular weight excluding hydrogens is 202 g/mol. The molecule has 0 fully saturated rings. The van der Waals surface area contributed by atoms with Crippen LogP contribution in [0.15, 0.2) is 36.5 Å². The summed E-state index contributed by atoms with van der Waals surface area (Å²) in [6.45, 7) is 1.95. The zero-order valence-corrected chi connectivity index (χ0v) is 8.87. The van der Waals surface area contributed by atoms with Crippen LogP contribution in [0.3, 0.4) is 0 Å². The first-order valence-corrected chi connectivity index (χ1v) is 4.95. The van der Waals surface area contributed by atoms with Crippen LogP contribution in [0, 0.1) is 0 Å². The number of hydrogen-bond acceptors (Lipinski definition) is 3. The van der Waals surface area contributed by atoms with E-state index in [9.17, 15) is 4.79 Å². The van der Waals surface area contributed by atoms with Gasteiger partial charge in [0, 0.05) is 0 Å². The van der Waals surface area contributed by atoms with E-state index < -0.39 is 0 Å². The first-order chi connectivity index (χ1) is 7.85. The molecule has 16 heavy (non-hydrogen) atoms. The Kier molecular flexibility index (Phi) is 2.91. The quantitative estimate of drug-likeness (QED) is 0.733. The fourth-order valence-corrected chi connectivity index (χ4v) is 1.47. The van der Waals surface area contributed by atoms with Crippen molar-refractivity contribution in [2.45, 2.75) is 6.92 Å². The first kappa shape index (κ1) is 10.3. The number of nitrogens with zero attached hydrogens (tertiary/aromatic N) is 3. The van der Waals surface area contributed by atoms with Gasteiger partial charge in [0.1, 0.15) is 5.69 Å². The monoisotopic (exact) mass is 213 g/mol. The van der Waals surface area contributed by atoms with E-state index in [0.29, 0.717) is 12.0 Å². The predicted octanol–water partition coefficient (Wildman–Crippen LogP) is 2.11. The Labute approximate surface area is 93.2 Å². The Morgan fingerprint density at radius 1 is 1.31 bits per heavy atom. The molecule has 1 aromatic carbocycles. The van der Waals surface area contributed by atoms with Gasteiger partial charge in [-0.3, -0.25) is 4.79 Å². The van der Waals surface area contributed by atoms with E-state index in [2.05, 4.69) is 10.3 Å². The van der Waals surface area contributed by atoms with Crippen molar-refractivity contribution in [1.82, 2.24) is 15.0 Å². The van der Waals surface area contributed by atoms with Gasteiger partial charge in [-0.25, -0.2) is 4.68 Å². The van der Waals surface area contributed by atoms with Gasteiger partial charge in [0.05, 0.1) is 11.9 Å². The van der Waals surface area contributed by atoms with E-state index in [0.717, 1.165) is 11.3 Å². The minimum absolute atomic E-state index is 0.329. The number of carbonyl (C=O) groups is 1. The number of carbonyl (C=O) groups excluding carboxylic acids is 1. The number of rotatable bonds is 3. The second kappa shape index (κ2) is 4.53. The first-order valence-electron chi connectivity index (χ1n) is 4.95. The summed E-state index contributed by atoms with van der Waals surface area (Å²) in [6, 6.07) is 7.79. The SMILES string of the molecule is CC=Cc1ccccc1-n1cc(C=O)nn1. The van der Waals surface area contributed by atoms with Crippen LogP contribution in [0.5, 0.6) is 0 Å². The summed E-state index contributed by atoms with van der Waals surface area (Å²) >= 11 is 0. The van der Waals surface area contributed by atoms with Crippen LogP contribution >= 0.6 is 0 Å². The van der Waals surface area contributed by atoms with Crippen molar-refractivity contribution in [1.29, 1.82) is 0 Å². The second-order valence-corrected chi connectivity index (χ2v) is 3.26. The van der Waals surface area contributed by atoms with Crippen molar-refractivity contribution in [3.8, 4) is 5.69 Å². The number of aromatic nitrogens is 3. The van der Waals surface area contributed by atoms with E-state index in [4.69, 9.17) is 0 Å². The molecule has 0 radical (unpaired) electrons. The number of benzene rings is 1. The molecule has 0 bridgehead atoms. The number of hydrogen-bond donors (Lipinski definition) is 0. The number of allylic oxidation sites excluding steroid dienone is 1. The van der Waals surface area contributed by atoms with Gasteiger partial charge in [0.15, 0.2) is 6.29 Å². The van der Waals surface area contributed by atoms with Crippen molar-refractivity contribution in [2.75, 3.05) is 0 Å². The summed E-state index contributed by atoms with van der Waals surface area (Å²) in [5.41, 5.74) is 2.27. The molecule has 0 aliphatic carbocycles. The smallest absolute Gasteiger partial charge is 0.171 e. The molecule has 1 heterocycles. The average molecular weight is 213 g/mol. The third-order valence-electron chi connectivity index (χ3n) is 2.16. The highest BCUT2D eigenvalue weighted by atomic mass is 16.1. The zero-order valence-electron chi connectivity index (χ0n) is 8.87. The molecule has 0 amide bonds. The van der Waals surface area contributed by atoms with Gasteiger partial charge in [0.25, 0.3) is 0 Å². The van der Waals surface area contributed by atoms with E-state index in [1.54, 1.807) is 10.9 Å². The summed E-state index contributed by atoms with van der Waals surface area (Å²) in [5.74, 6) is 0. The maximum atomic E-state index is 10.5. The predicted molar refractivity (Wildman–Crippen MR) is 61.5 cm³/mol. The standard InChI is InChI=1S/C12H11N3O/c1-2-5-10-6-3-4-7-12(10)15-8-11(9-16)13-14-15/h2-9H,1H3. The maximum Gasteiger partial charge on any atom is 0.171 e. The molecule has 0 N–H and O–H groups in total. The van der Waals surface area contributed by atoms with Gasteiger partial charge in [-0.15, -0.1) is 5.10 Å². The topological polar surface area (TPSA) is 47.8 Å². The Morgan fingerprint density at radius 2 is 2.12 bits per heavy atom. The minimum atomic E-state index is 0.329. The summed E-state index contributed by atoms with van der Waals surface area (Å²) < 4.78 is 1.60. The van der Waals surface area contributed by atoms with Crippen LogP contribution in [0.25, 0.3) is 11.8 Å². The normalized spacial score (nSPS) is 10.8. The summed E-state index contributed by atoms with van der Waals surface area (Å²) in [7, 11) is 0. The van der Waals surface area contributed by atoms with E-state index in [1.807, 2.05) is 43.3 Å². The highest BCUT2D eigenvalue weighted by molar-refractivity contribution is 5.71. The Balaban J connectivity index is 2.50. The van der Waals surface area contributed by atoms with Gasteiger partial charge < -0.3 is 0 Å². The van der Waals surface area contributed by atoms with E-state index in [1.165, 1.54) is 0 Å². The van der Waals surface area contributed by atoms with Crippen molar-refractivity contribution >= 4 is 12.4 Å². The number of para-hydroxylation sites is 1. The number of aldehydes is 1. The summed E-state index contributed by atoms with van der Waals surface area (Å²) in [5, 5.41) is 7.63. The zero-order chi connectivity index (χ0) is 11.4. The van der Waals surface area contributed by atoms with Gasteiger partial charge in [0.2, 0.25) is 0 Å². The molecule has 0 atom stereocenters. The summed E-state index contributed by atoms with van der Waals surface area (Å²) in [4.78, 5) is 10.5. The molecule has 0 aliphatic rings.